The monoisotopic (exact) mass is 380 g/mol. The van der Waals surface area contributed by atoms with Crippen molar-refractivity contribution in [1.82, 2.24) is 10.3 Å². The third kappa shape index (κ3) is 5.23. The van der Waals surface area contributed by atoms with E-state index in [4.69, 9.17) is 4.42 Å². The van der Waals surface area contributed by atoms with E-state index in [1.807, 2.05) is 50.2 Å². The third-order valence-electron chi connectivity index (χ3n) is 4.35. The molecule has 4 nitrogen and oxygen atoms in total. The van der Waals surface area contributed by atoms with Crippen LogP contribution >= 0.6 is 11.8 Å². The Labute approximate surface area is 164 Å². The lowest BCUT2D eigenvalue weighted by Gasteiger charge is -2.05. The largest absolute Gasteiger partial charge is 0.441 e. The van der Waals surface area contributed by atoms with E-state index < -0.39 is 0 Å². The van der Waals surface area contributed by atoms with Gasteiger partial charge in [-0.15, -0.1) is 11.8 Å². The Morgan fingerprint density at radius 3 is 2.56 bits per heavy atom. The number of carbonyl (C=O) groups excluding carboxylic acids is 1. The fourth-order valence-electron chi connectivity index (χ4n) is 2.69. The van der Waals surface area contributed by atoms with Gasteiger partial charge in [0.05, 0.1) is 11.4 Å². The van der Waals surface area contributed by atoms with Gasteiger partial charge in [0.25, 0.3) is 0 Å². The number of aryl methyl sites for hydroxylation is 3. The van der Waals surface area contributed by atoms with Crippen molar-refractivity contribution < 1.29 is 9.21 Å². The number of oxazole rings is 1. The van der Waals surface area contributed by atoms with Crippen LogP contribution in [0.25, 0.3) is 11.5 Å². The second-order valence-electron chi connectivity index (χ2n) is 6.59. The number of aromatic nitrogens is 1. The SMILES string of the molecule is Cc1ccc(CNC(=O)CSCc2nc(-c3ccccc3C)oc2C)cc1. The van der Waals surface area contributed by atoms with Gasteiger partial charge in [0.15, 0.2) is 0 Å². The zero-order valence-corrected chi connectivity index (χ0v) is 16.7. The molecule has 0 radical (unpaired) electrons. The maximum Gasteiger partial charge on any atom is 0.230 e. The van der Waals surface area contributed by atoms with Gasteiger partial charge < -0.3 is 9.73 Å². The molecule has 0 aliphatic heterocycles. The van der Waals surface area contributed by atoms with E-state index in [0.717, 1.165) is 28.1 Å². The van der Waals surface area contributed by atoms with Gasteiger partial charge in [-0.1, -0.05) is 48.0 Å². The number of amides is 1. The summed E-state index contributed by atoms with van der Waals surface area (Å²) in [6, 6.07) is 16.2. The van der Waals surface area contributed by atoms with Crippen LogP contribution in [0.3, 0.4) is 0 Å². The van der Waals surface area contributed by atoms with E-state index in [-0.39, 0.29) is 5.91 Å². The minimum atomic E-state index is 0.0286. The first-order valence-electron chi connectivity index (χ1n) is 8.95. The van der Waals surface area contributed by atoms with Gasteiger partial charge in [0.1, 0.15) is 5.76 Å². The molecule has 0 aliphatic carbocycles. The van der Waals surface area contributed by atoms with Crippen molar-refractivity contribution in [3.05, 3.63) is 76.7 Å². The quantitative estimate of drug-likeness (QED) is 0.639. The minimum Gasteiger partial charge on any atom is -0.441 e. The van der Waals surface area contributed by atoms with Crippen LogP contribution in [0.5, 0.6) is 0 Å². The standard InChI is InChI=1S/C22H24N2O2S/c1-15-8-10-18(11-9-15)12-23-21(25)14-27-13-20-17(3)26-22(24-20)19-7-5-4-6-16(19)2/h4-11H,12-14H2,1-3H3,(H,23,25). The van der Waals surface area contributed by atoms with Crippen LogP contribution in [-0.4, -0.2) is 16.6 Å². The summed E-state index contributed by atoms with van der Waals surface area (Å²) in [5, 5.41) is 2.95. The van der Waals surface area contributed by atoms with Crippen LogP contribution < -0.4 is 5.32 Å². The van der Waals surface area contributed by atoms with Crippen molar-refractivity contribution >= 4 is 17.7 Å². The maximum atomic E-state index is 12.1. The van der Waals surface area contributed by atoms with E-state index >= 15 is 0 Å². The van der Waals surface area contributed by atoms with Crippen molar-refractivity contribution in [2.45, 2.75) is 33.1 Å². The number of hydrogen-bond acceptors (Lipinski definition) is 4. The van der Waals surface area contributed by atoms with E-state index in [2.05, 4.69) is 29.4 Å². The summed E-state index contributed by atoms with van der Waals surface area (Å²) in [7, 11) is 0. The van der Waals surface area contributed by atoms with Gasteiger partial charge >= 0.3 is 0 Å². The number of hydrogen-bond donors (Lipinski definition) is 1. The van der Waals surface area contributed by atoms with Crippen LogP contribution in [0.2, 0.25) is 0 Å². The molecule has 0 fully saturated rings. The Balaban J connectivity index is 1.49. The molecule has 0 aliphatic rings. The Bertz CT molecular complexity index is 916. The lowest BCUT2D eigenvalue weighted by atomic mass is 10.1. The minimum absolute atomic E-state index is 0.0286. The van der Waals surface area contributed by atoms with Crippen molar-refractivity contribution in [3.8, 4) is 11.5 Å². The number of thioether (sulfide) groups is 1. The molecule has 0 saturated carbocycles. The summed E-state index contributed by atoms with van der Waals surface area (Å²) >= 11 is 1.54. The van der Waals surface area contributed by atoms with Crippen LogP contribution in [-0.2, 0) is 17.1 Å². The molecule has 3 aromatic rings. The zero-order chi connectivity index (χ0) is 19.2. The molecule has 0 bridgehead atoms. The highest BCUT2D eigenvalue weighted by molar-refractivity contribution is 7.99. The number of rotatable bonds is 7. The van der Waals surface area contributed by atoms with Gasteiger partial charge in [-0.3, -0.25) is 4.79 Å². The number of nitrogens with zero attached hydrogens (tertiary/aromatic N) is 1. The van der Waals surface area contributed by atoms with Crippen LogP contribution in [0, 0.1) is 20.8 Å². The van der Waals surface area contributed by atoms with Gasteiger partial charge in [-0.05, 0) is 38.0 Å². The molecule has 140 valence electrons. The van der Waals surface area contributed by atoms with Gasteiger partial charge in [-0.2, -0.15) is 0 Å². The second kappa shape index (κ2) is 8.91. The van der Waals surface area contributed by atoms with E-state index in [0.29, 0.717) is 23.9 Å². The molecule has 0 unspecified atom stereocenters. The van der Waals surface area contributed by atoms with E-state index in [1.165, 1.54) is 5.56 Å². The Morgan fingerprint density at radius 2 is 1.81 bits per heavy atom. The molecule has 0 spiro atoms. The van der Waals surface area contributed by atoms with E-state index in [1.54, 1.807) is 11.8 Å². The Hall–Kier alpha value is -2.53. The Kier molecular flexibility index (Phi) is 6.35. The average molecular weight is 381 g/mol. The normalized spacial score (nSPS) is 10.8. The highest BCUT2D eigenvalue weighted by Crippen LogP contribution is 2.26. The predicted molar refractivity (Wildman–Crippen MR) is 111 cm³/mol. The average Bonchev–Trinajstić information content (AvgIpc) is 3.02. The summed E-state index contributed by atoms with van der Waals surface area (Å²) in [4.78, 5) is 16.7. The molecular weight excluding hydrogens is 356 g/mol. The van der Waals surface area contributed by atoms with E-state index in [9.17, 15) is 4.79 Å². The molecule has 5 heteroatoms. The molecule has 1 aromatic heterocycles. The predicted octanol–water partition coefficient (Wildman–Crippen LogP) is 4.82. The molecule has 1 amide bonds. The van der Waals surface area contributed by atoms with Gasteiger partial charge in [0.2, 0.25) is 11.8 Å². The highest BCUT2D eigenvalue weighted by Gasteiger charge is 2.13. The summed E-state index contributed by atoms with van der Waals surface area (Å²) in [5.74, 6) is 2.53. The first-order chi connectivity index (χ1) is 13.0. The van der Waals surface area contributed by atoms with Crippen molar-refractivity contribution in [2.75, 3.05) is 5.75 Å². The molecule has 0 atom stereocenters. The van der Waals surface area contributed by atoms with Crippen molar-refractivity contribution in [1.29, 1.82) is 0 Å². The molecule has 1 heterocycles. The van der Waals surface area contributed by atoms with Crippen molar-refractivity contribution in [3.63, 3.8) is 0 Å². The summed E-state index contributed by atoms with van der Waals surface area (Å²) in [6.45, 7) is 6.57. The number of carbonyl (C=O) groups is 1. The smallest absolute Gasteiger partial charge is 0.230 e. The lowest BCUT2D eigenvalue weighted by molar-refractivity contribution is -0.118. The van der Waals surface area contributed by atoms with Gasteiger partial charge in [0, 0.05) is 17.9 Å². The maximum absolute atomic E-state index is 12.1. The highest BCUT2D eigenvalue weighted by atomic mass is 32.2. The molecule has 0 saturated heterocycles. The molecule has 1 N–H and O–H groups in total. The Morgan fingerprint density at radius 1 is 1.07 bits per heavy atom. The first-order valence-corrected chi connectivity index (χ1v) is 10.1. The molecule has 3 rings (SSSR count). The topological polar surface area (TPSA) is 55.1 Å². The van der Waals surface area contributed by atoms with Crippen molar-refractivity contribution in [2.24, 2.45) is 0 Å². The summed E-state index contributed by atoms with van der Waals surface area (Å²) in [5.41, 5.74) is 5.36. The third-order valence-corrected chi connectivity index (χ3v) is 5.29. The number of benzene rings is 2. The van der Waals surface area contributed by atoms with Crippen LogP contribution in [0.4, 0.5) is 0 Å². The summed E-state index contributed by atoms with van der Waals surface area (Å²) < 4.78 is 5.83. The van der Waals surface area contributed by atoms with Crippen LogP contribution in [0.15, 0.2) is 52.9 Å². The second-order valence-corrected chi connectivity index (χ2v) is 7.58. The fraction of sp³-hybridized carbons (Fsp3) is 0.273. The summed E-state index contributed by atoms with van der Waals surface area (Å²) in [6.07, 6.45) is 0. The fourth-order valence-corrected chi connectivity index (χ4v) is 3.54. The zero-order valence-electron chi connectivity index (χ0n) is 15.9. The lowest BCUT2D eigenvalue weighted by Crippen LogP contribution is -2.24. The van der Waals surface area contributed by atoms with Crippen LogP contribution in [0.1, 0.15) is 28.1 Å². The molecule has 27 heavy (non-hydrogen) atoms. The van der Waals surface area contributed by atoms with Gasteiger partial charge in [-0.25, -0.2) is 4.98 Å². The molecular formula is C22H24N2O2S. The first kappa shape index (κ1) is 19.2. The molecule has 2 aromatic carbocycles. The number of nitrogens with one attached hydrogen (secondary N) is 1.